The number of nitrogens with one attached hydrogen (secondary N) is 1. The molecule has 0 saturated heterocycles. The van der Waals surface area contributed by atoms with Crippen LogP contribution in [0.5, 0.6) is 0 Å². The van der Waals surface area contributed by atoms with E-state index in [1.165, 1.54) is 0 Å². The highest BCUT2D eigenvalue weighted by Gasteiger charge is 2.18. The highest BCUT2D eigenvalue weighted by molar-refractivity contribution is 5.82. The second kappa shape index (κ2) is 7.40. The predicted octanol–water partition coefficient (Wildman–Crippen LogP) is 0.655. The van der Waals surface area contributed by atoms with Crippen molar-refractivity contribution in [2.24, 2.45) is 12.8 Å². The van der Waals surface area contributed by atoms with E-state index in [2.05, 4.69) is 43.0 Å². The lowest BCUT2D eigenvalue weighted by Gasteiger charge is -2.30. The van der Waals surface area contributed by atoms with Gasteiger partial charge in [-0.25, -0.2) is 0 Å². The molecule has 0 aliphatic carbocycles. The average Bonchev–Trinajstić information content (AvgIpc) is 2.79. The number of amides is 1. The maximum Gasteiger partial charge on any atom is 0.241 e. The third kappa shape index (κ3) is 4.61. The van der Waals surface area contributed by atoms with E-state index in [1.807, 2.05) is 0 Å². The van der Waals surface area contributed by atoms with Crippen molar-refractivity contribution in [3.63, 3.8) is 0 Å². The SMILES string of the molecule is CC(C)N(CCNC(=O)C(N)c1cnn(C)c1)C(C)C. The second-order valence-electron chi connectivity index (χ2n) is 5.64. The number of carbonyl (C=O) groups excluding carboxylic acids is 1. The van der Waals surface area contributed by atoms with Gasteiger partial charge in [-0.05, 0) is 27.7 Å². The van der Waals surface area contributed by atoms with Crippen LogP contribution in [0.1, 0.15) is 39.3 Å². The Morgan fingerprint density at radius 3 is 2.45 bits per heavy atom. The number of rotatable bonds is 7. The molecule has 0 spiro atoms. The van der Waals surface area contributed by atoms with Crippen molar-refractivity contribution >= 4 is 5.91 Å². The molecule has 0 saturated carbocycles. The third-order valence-corrected chi connectivity index (χ3v) is 3.36. The lowest BCUT2D eigenvalue weighted by molar-refractivity contribution is -0.122. The quantitative estimate of drug-likeness (QED) is 0.769. The Kier molecular flexibility index (Phi) is 6.16. The lowest BCUT2D eigenvalue weighted by Crippen LogP contribution is -2.44. The summed E-state index contributed by atoms with van der Waals surface area (Å²) in [6.07, 6.45) is 3.39. The van der Waals surface area contributed by atoms with Gasteiger partial charge in [-0.2, -0.15) is 5.10 Å². The van der Waals surface area contributed by atoms with E-state index in [0.717, 1.165) is 12.1 Å². The number of aryl methyl sites for hydroxylation is 1. The van der Waals surface area contributed by atoms with E-state index in [4.69, 9.17) is 5.73 Å². The number of aromatic nitrogens is 2. The van der Waals surface area contributed by atoms with E-state index in [0.29, 0.717) is 18.6 Å². The molecule has 0 fully saturated rings. The minimum Gasteiger partial charge on any atom is -0.353 e. The Bertz CT molecular complexity index is 419. The molecule has 1 atom stereocenters. The van der Waals surface area contributed by atoms with Gasteiger partial charge >= 0.3 is 0 Å². The minimum atomic E-state index is -0.657. The zero-order valence-corrected chi connectivity index (χ0v) is 13.1. The molecule has 20 heavy (non-hydrogen) atoms. The van der Waals surface area contributed by atoms with Crippen molar-refractivity contribution in [2.75, 3.05) is 13.1 Å². The van der Waals surface area contributed by atoms with E-state index in [9.17, 15) is 4.79 Å². The fourth-order valence-electron chi connectivity index (χ4n) is 2.28. The average molecular weight is 281 g/mol. The first-order valence-electron chi connectivity index (χ1n) is 7.10. The number of hydrogen-bond donors (Lipinski definition) is 2. The van der Waals surface area contributed by atoms with Crippen LogP contribution in [-0.2, 0) is 11.8 Å². The molecule has 0 aliphatic rings. The fourth-order valence-corrected chi connectivity index (χ4v) is 2.28. The molecule has 1 amide bonds. The van der Waals surface area contributed by atoms with Crippen LogP contribution in [0.3, 0.4) is 0 Å². The lowest BCUT2D eigenvalue weighted by atomic mass is 10.1. The second-order valence-corrected chi connectivity index (χ2v) is 5.64. The standard InChI is InChI=1S/C14H27N5O/c1-10(2)19(11(3)4)7-6-16-14(20)13(15)12-8-17-18(5)9-12/h8-11,13H,6-7,15H2,1-5H3,(H,16,20). The third-order valence-electron chi connectivity index (χ3n) is 3.36. The number of carbonyl (C=O) groups is 1. The molecule has 1 aromatic heterocycles. The maximum absolute atomic E-state index is 12.0. The van der Waals surface area contributed by atoms with Gasteiger partial charge in [0.1, 0.15) is 6.04 Å². The molecule has 114 valence electrons. The monoisotopic (exact) mass is 281 g/mol. The van der Waals surface area contributed by atoms with Crippen molar-refractivity contribution in [3.8, 4) is 0 Å². The fraction of sp³-hybridized carbons (Fsp3) is 0.714. The van der Waals surface area contributed by atoms with Crippen molar-refractivity contribution in [3.05, 3.63) is 18.0 Å². The van der Waals surface area contributed by atoms with Gasteiger partial charge in [-0.15, -0.1) is 0 Å². The summed E-state index contributed by atoms with van der Waals surface area (Å²) in [5.41, 5.74) is 6.64. The molecule has 0 aliphatic heterocycles. The van der Waals surface area contributed by atoms with Gasteiger partial charge in [0.05, 0.1) is 6.20 Å². The summed E-state index contributed by atoms with van der Waals surface area (Å²) in [4.78, 5) is 14.3. The van der Waals surface area contributed by atoms with Gasteiger partial charge in [0.25, 0.3) is 0 Å². The molecule has 0 radical (unpaired) electrons. The largest absolute Gasteiger partial charge is 0.353 e. The topological polar surface area (TPSA) is 76.2 Å². The van der Waals surface area contributed by atoms with Gasteiger partial charge in [0, 0.05) is 44.0 Å². The van der Waals surface area contributed by atoms with Gasteiger partial charge in [-0.1, -0.05) is 0 Å². The van der Waals surface area contributed by atoms with Crippen LogP contribution in [0.25, 0.3) is 0 Å². The van der Waals surface area contributed by atoms with Crippen molar-refractivity contribution < 1.29 is 4.79 Å². The highest BCUT2D eigenvalue weighted by Crippen LogP contribution is 2.08. The van der Waals surface area contributed by atoms with Crippen molar-refractivity contribution in [1.29, 1.82) is 0 Å². The van der Waals surface area contributed by atoms with Crippen molar-refractivity contribution in [1.82, 2.24) is 20.0 Å². The van der Waals surface area contributed by atoms with Crippen LogP contribution >= 0.6 is 0 Å². The summed E-state index contributed by atoms with van der Waals surface area (Å²) in [7, 11) is 1.80. The molecule has 1 unspecified atom stereocenters. The van der Waals surface area contributed by atoms with E-state index >= 15 is 0 Å². The van der Waals surface area contributed by atoms with Gasteiger partial charge < -0.3 is 11.1 Å². The maximum atomic E-state index is 12.0. The molecule has 1 aromatic rings. The molecule has 1 heterocycles. The summed E-state index contributed by atoms with van der Waals surface area (Å²) in [6.45, 7) is 10.0. The Morgan fingerprint density at radius 2 is 2.00 bits per heavy atom. The molecule has 1 rings (SSSR count). The minimum absolute atomic E-state index is 0.162. The van der Waals surface area contributed by atoms with Crippen LogP contribution in [0, 0.1) is 0 Å². The first-order chi connectivity index (χ1) is 9.32. The normalized spacial score (nSPS) is 13.2. The summed E-state index contributed by atoms with van der Waals surface area (Å²) >= 11 is 0. The van der Waals surface area contributed by atoms with Gasteiger partial charge in [0.2, 0.25) is 5.91 Å². The molecule has 0 bridgehead atoms. The highest BCUT2D eigenvalue weighted by atomic mass is 16.2. The van der Waals surface area contributed by atoms with Crippen molar-refractivity contribution in [2.45, 2.75) is 45.8 Å². The van der Waals surface area contributed by atoms with Crippen LogP contribution in [0.4, 0.5) is 0 Å². The van der Waals surface area contributed by atoms with Crippen LogP contribution in [0.15, 0.2) is 12.4 Å². The van der Waals surface area contributed by atoms with Crippen LogP contribution in [0.2, 0.25) is 0 Å². The molecular formula is C14H27N5O. The molecule has 6 heteroatoms. The van der Waals surface area contributed by atoms with E-state index in [-0.39, 0.29) is 5.91 Å². The molecule has 0 aromatic carbocycles. The molecular weight excluding hydrogens is 254 g/mol. The smallest absolute Gasteiger partial charge is 0.241 e. The zero-order valence-electron chi connectivity index (χ0n) is 13.1. The predicted molar refractivity (Wildman–Crippen MR) is 80.1 cm³/mol. The Balaban J connectivity index is 2.43. The Labute approximate surface area is 121 Å². The first-order valence-corrected chi connectivity index (χ1v) is 7.10. The molecule has 6 nitrogen and oxygen atoms in total. The van der Waals surface area contributed by atoms with Gasteiger partial charge in [-0.3, -0.25) is 14.4 Å². The molecule has 3 N–H and O–H groups in total. The first kappa shape index (κ1) is 16.7. The van der Waals surface area contributed by atoms with E-state index < -0.39 is 6.04 Å². The Hall–Kier alpha value is -1.40. The van der Waals surface area contributed by atoms with E-state index in [1.54, 1.807) is 24.1 Å². The zero-order chi connectivity index (χ0) is 15.3. The number of hydrogen-bond acceptors (Lipinski definition) is 4. The van der Waals surface area contributed by atoms with Crippen LogP contribution < -0.4 is 11.1 Å². The summed E-state index contributed by atoms with van der Waals surface area (Å²) in [5, 5.41) is 6.91. The summed E-state index contributed by atoms with van der Waals surface area (Å²) in [5.74, 6) is -0.162. The van der Waals surface area contributed by atoms with Crippen LogP contribution in [-0.4, -0.2) is 45.8 Å². The summed E-state index contributed by atoms with van der Waals surface area (Å²) < 4.78 is 1.64. The van der Waals surface area contributed by atoms with Gasteiger partial charge in [0.15, 0.2) is 0 Å². The number of nitrogens with two attached hydrogens (primary N) is 1. The number of nitrogens with zero attached hydrogens (tertiary/aromatic N) is 3. The summed E-state index contributed by atoms with van der Waals surface area (Å²) in [6, 6.07) is 0.257. The Morgan fingerprint density at radius 1 is 1.40 bits per heavy atom.